The minimum absolute atomic E-state index is 0.611. The largest absolute Gasteiger partial charge is 0.297 e. The van der Waals surface area contributed by atoms with Crippen LogP contribution in [0.1, 0.15) is 9.67 Å². The summed E-state index contributed by atoms with van der Waals surface area (Å²) >= 11 is 7.33. The highest BCUT2D eigenvalue weighted by Crippen LogP contribution is 2.30. The molecule has 0 unspecified atom stereocenters. The molecule has 0 bridgehead atoms. The van der Waals surface area contributed by atoms with Crippen LogP contribution >= 0.6 is 22.9 Å². The van der Waals surface area contributed by atoms with Crippen LogP contribution in [0.15, 0.2) is 30.5 Å². The van der Waals surface area contributed by atoms with E-state index < -0.39 is 0 Å². The fourth-order valence-corrected chi connectivity index (χ4v) is 2.15. The number of hydrogen-bond acceptors (Lipinski definition) is 3. The van der Waals surface area contributed by atoms with Crippen LogP contribution in [-0.2, 0) is 0 Å². The highest BCUT2D eigenvalue weighted by atomic mass is 35.5. The van der Waals surface area contributed by atoms with E-state index in [1.165, 1.54) is 11.3 Å². The van der Waals surface area contributed by atoms with Crippen LogP contribution in [0.4, 0.5) is 0 Å². The second-order valence-electron chi connectivity index (χ2n) is 2.67. The van der Waals surface area contributed by atoms with Crippen LogP contribution in [-0.4, -0.2) is 11.3 Å². The average molecular weight is 224 g/mol. The van der Waals surface area contributed by atoms with E-state index in [1.807, 2.05) is 18.2 Å². The lowest BCUT2D eigenvalue weighted by Crippen LogP contribution is -1.75. The maximum absolute atomic E-state index is 10.5. The first kappa shape index (κ1) is 9.37. The van der Waals surface area contributed by atoms with Crippen LogP contribution in [0.25, 0.3) is 10.6 Å². The maximum Gasteiger partial charge on any atom is 0.161 e. The van der Waals surface area contributed by atoms with Gasteiger partial charge in [-0.2, -0.15) is 0 Å². The molecule has 0 saturated heterocycles. The molecule has 0 aliphatic heterocycles. The first-order valence-electron chi connectivity index (χ1n) is 3.97. The van der Waals surface area contributed by atoms with Crippen molar-refractivity contribution in [2.45, 2.75) is 0 Å². The quantitative estimate of drug-likeness (QED) is 0.732. The summed E-state index contributed by atoms with van der Waals surface area (Å²) in [6.07, 6.45) is 2.34. The minimum Gasteiger partial charge on any atom is -0.297 e. The predicted molar refractivity (Wildman–Crippen MR) is 57.9 cm³/mol. The van der Waals surface area contributed by atoms with Gasteiger partial charge in [0.05, 0.1) is 9.90 Å². The van der Waals surface area contributed by atoms with Crippen molar-refractivity contribution in [3.8, 4) is 10.6 Å². The zero-order valence-corrected chi connectivity index (χ0v) is 8.68. The maximum atomic E-state index is 10.5. The molecule has 14 heavy (non-hydrogen) atoms. The molecule has 0 amide bonds. The Morgan fingerprint density at radius 2 is 2.14 bits per heavy atom. The Bertz CT molecular complexity index is 467. The number of hydrogen-bond donors (Lipinski definition) is 0. The van der Waals surface area contributed by atoms with Gasteiger partial charge in [-0.05, 0) is 6.07 Å². The molecule has 1 heterocycles. The van der Waals surface area contributed by atoms with Crippen LogP contribution in [0.3, 0.4) is 0 Å². The van der Waals surface area contributed by atoms with Gasteiger partial charge >= 0.3 is 0 Å². The van der Waals surface area contributed by atoms with Gasteiger partial charge in [-0.15, -0.1) is 11.3 Å². The zero-order valence-electron chi connectivity index (χ0n) is 7.11. The van der Waals surface area contributed by atoms with E-state index in [9.17, 15) is 4.79 Å². The van der Waals surface area contributed by atoms with Crippen LogP contribution < -0.4 is 0 Å². The lowest BCUT2D eigenvalue weighted by Gasteiger charge is -1.97. The van der Waals surface area contributed by atoms with E-state index in [0.717, 1.165) is 16.9 Å². The SMILES string of the molecule is O=Cc1cnc(-c2ccccc2Cl)s1. The third kappa shape index (κ3) is 1.69. The summed E-state index contributed by atoms with van der Waals surface area (Å²) in [4.78, 5) is 15.2. The van der Waals surface area contributed by atoms with Gasteiger partial charge in [-0.1, -0.05) is 29.8 Å². The number of thiazole rings is 1. The molecule has 0 N–H and O–H groups in total. The van der Waals surface area contributed by atoms with Crippen LogP contribution in [0.5, 0.6) is 0 Å². The highest BCUT2D eigenvalue weighted by molar-refractivity contribution is 7.16. The molecule has 0 saturated carbocycles. The summed E-state index contributed by atoms with van der Waals surface area (Å²) in [6, 6.07) is 7.44. The summed E-state index contributed by atoms with van der Waals surface area (Å²) in [7, 11) is 0. The van der Waals surface area contributed by atoms with Crippen molar-refractivity contribution in [1.82, 2.24) is 4.98 Å². The molecule has 70 valence electrons. The van der Waals surface area contributed by atoms with Crippen molar-refractivity contribution < 1.29 is 4.79 Å². The Morgan fingerprint density at radius 3 is 2.79 bits per heavy atom. The number of carbonyl (C=O) groups excluding carboxylic acids is 1. The number of rotatable bonds is 2. The fraction of sp³-hybridized carbons (Fsp3) is 0. The van der Waals surface area contributed by atoms with Gasteiger partial charge < -0.3 is 0 Å². The molecular weight excluding hydrogens is 218 g/mol. The number of nitrogens with zero attached hydrogens (tertiary/aromatic N) is 1. The Labute approximate surface area is 90.2 Å². The van der Waals surface area contributed by atoms with E-state index in [0.29, 0.717) is 9.90 Å². The standard InChI is InChI=1S/C10H6ClNOS/c11-9-4-2-1-3-8(9)10-12-5-7(6-13)14-10/h1-6H. The topological polar surface area (TPSA) is 30.0 Å². The van der Waals surface area contributed by atoms with Gasteiger partial charge in [0.1, 0.15) is 5.01 Å². The normalized spacial score (nSPS) is 10.1. The molecule has 2 rings (SSSR count). The molecule has 4 heteroatoms. The van der Waals surface area contributed by atoms with Gasteiger partial charge in [-0.25, -0.2) is 4.98 Å². The van der Waals surface area contributed by atoms with Gasteiger partial charge in [0.15, 0.2) is 6.29 Å². The van der Waals surface area contributed by atoms with Crippen molar-refractivity contribution >= 4 is 29.2 Å². The van der Waals surface area contributed by atoms with E-state index in [4.69, 9.17) is 11.6 Å². The Morgan fingerprint density at radius 1 is 1.36 bits per heavy atom. The van der Waals surface area contributed by atoms with Gasteiger partial charge in [0, 0.05) is 11.8 Å². The smallest absolute Gasteiger partial charge is 0.161 e. The molecule has 0 fully saturated rings. The molecule has 1 aromatic heterocycles. The summed E-state index contributed by atoms with van der Waals surface area (Å²) in [5.74, 6) is 0. The van der Waals surface area contributed by atoms with E-state index in [2.05, 4.69) is 4.98 Å². The third-order valence-electron chi connectivity index (χ3n) is 1.74. The summed E-state index contributed by atoms with van der Waals surface area (Å²) in [5, 5.41) is 1.43. The molecule has 0 spiro atoms. The first-order chi connectivity index (χ1) is 6.81. The lowest BCUT2D eigenvalue weighted by atomic mass is 10.2. The van der Waals surface area contributed by atoms with Crippen LogP contribution in [0.2, 0.25) is 5.02 Å². The predicted octanol–water partition coefficient (Wildman–Crippen LogP) is 3.28. The van der Waals surface area contributed by atoms with E-state index in [1.54, 1.807) is 12.3 Å². The Kier molecular flexibility index (Phi) is 2.61. The van der Waals surface area contributed by atoms with E-state index >= 15 is 0 Å². The molecule has 0 radical (unpaired) electrons. The van der Waals surface area contributed by atoms with Crippen molar-refractivity contribution in [1.29, 1.82) is 0 Å². The lowest BCUT2D eigenvalue weighted by molar-refractivity contribution is 0.112. The second kappa shape index (κ2) is 3.90. The van der Waals surface area contributed by atoms with Gasteiger partial charge in [-0.3, -0.25) is 4.79 Å². The molecule has 1 aromatic carbocycles. The number of halogens is 1. The zero-order chi connectivity index (χ0) is 9.97. The number of carbonyl (C=O) groups is 1. The minimum atomic E-state index is 0.611. The number of aldehydes is 1. The van der Waals surface area contributed by atoms with Crippen molar-refractivity contribution in [3.63, 3.8) is 0 Å². The summed E-state index contributed by atoms with van der Waals surface area (Å²) < 4.78 is 0. The highest BCUT2D eigenvalue weighted by Gasteiger charge is 2.06. The van der Waals surface area contributed by atoms with Crippen molar-refractivity contribution in [2.75, 3.05) is 0 Å². The third-order valence-corrected chi connectivity index (χ3v) is 3.03. The van der Waals surface area contributed by atoms with Gasteiger partial charge in [0.25, 0.3) is 0 Å². The first-order valence-corrected chi connectivity index (χ1v) is 5.16. The summed E-state index contributed by atoms with van der Waals surface area (Å²) in [6.45, 7) is 0. The molecule has 2 nitrogen and oxygen atoms in total. The van der Waals surface area contributed by atoms with Crippen molar-refractivity contribution in [3.05, 3.63) is 40.4 Å². The molecular formula is C10H6ClNOS. The number of aromatic nitrogens is 1. The molecule has 0 atom stereocenters. The molecule has 0 aliphatic rings. The summed E-state index contributed by atoms with van der Waals surface area (Å²) in [5.41, 5.74) is 0.868. The average Bonchev–Trinajstić information content (AvgIpc) is 2.67. The fourth-order valence-electron chi connectivity index (χ4n) is 1.10. The van der Waals surface area contributed by atoms with E-state index in [-0.39, 0.29) is 0 Å². The van der Waals surface area contributed by atoms with Crippen LogP contribution in [0, 0.1) is 0 Å². The molecule has 0 aliphatic carbocycles. The Hall–Kier alpha value is -1.19. The van der Waals surface area contributed by atoms with Gasteiger partial charge in [0.2, 0.25) is 0 Å². The van der Waals surface area contributed by atoms with Crippen molar-refractivity contribution in [2.24, 2.45) is 0 Å². The monoisotopic (exact) mass is 223 g/mol. The number of benzene rings is 1. The Balaban J connectivity index is 2.49. The molecule has 2 aromatic rings. The second-order valence-corrected chi connectivity index (χ2v) is 4.13.